The third kappa shape index (κ3) is 3.60. The van der Waals surface area contributed by atoms with E-state index in [0.29, 0.717) is 29.8 Å². The van der Waals surface area contributed by atoms with E-state index >= 15 is 0 Å². The van der Waals surface area contributed by atoms with Crippen molar-refractivity contribution in [3.63, 3.8) is 0 Å². The van der Waals surface area contributed by atoms with E-state index in [4.69, 9.17) is 4.84 Å². The van der Waals surface area contributed by atoms with Crippen molar-refractivity contribution in [2.75, 3.05) is 13.2 Å². The van der Waals surface area contributed by atoms with Gasteiger partial charge in [0.05, 0.1) is 19.3 Å². The molecule has 1 N–H and O–H groups in total. The topological polar surface area (TPSA) is 49.8 Å². The SMILES string of the molecule is C[C@H](CCC(=O)N1CCCO1)[C@H]1CC[C@H]2[C@@H]3CC=C4C[C@@H](O)CC[C@]4(C)[C@H]3CC[C@]12C. The van der Waals surface area contributed by atoms with Gasteiger partial charge in [-0.05, 0) is 105 Å². The largest absolute Gasteiger partial charge is 0.393 e. The molecule has 31 heavy (non-hydrogen) atoms. The second-order valence-electron chi connectivity index (χ2n) is 12.1. The van der Waals surface area contributed by atoms with E-state index in [1.807, 2.05) is 0 Å². The lowest BCUT2D eigenvalue weighted by molar-refractivity contribution is -0.169. The van der Waals surface area contributed by atoms with Crippen molar-refractivity contribution in [2.24, 2.45) is 40.4 Å². The van der Waals surface area contributed by atoms with Crippen LogP contribution in [0.1, 0.15) is 91.4 Å². The summed E-state index contributed by atoms with van der Waals surface area (Å²) in [6.07, 6.45) is 14.7. The second-order valence-corrected chi connectivity index (χ2v) is 12.1. The first-order valence-electron chi connectivity index (χ1n) is 13.1. The van der Waals surface area contributed by atoms with Crippen molar-refractivity contribution in [2.45, 2.75) is 97.5 Å². The second kappa shape index (κ2) is 8.17. The number of nitrogens with zero attached hydrogens (tertiary/aromatic N) is 1. The number of hydrogen-bond donors (Lipinski definition) is 1. The molecule has 0 radical (unpaired) electrons. The predicted molar refractivity (Wildman–Crippen MR) is 122 cm³/mol. The third-order valence-corrected chi connectivity index (χ3v) is 10.7. The fraction of sp³-hybridized carbons (Fsp3) is 0.889. The van der Waals surface area contributed by atoms with Gasteiger partial charge >= 0.3 is 0 Å². The Kier molecular flexibility index (Phi) is 5.78. The molecular formula is C27H43NO3. The van der Waals surface area contributed by atoms with Crippen molar-refractivity contribution in [3.8, 4) is 0 Å². The van der Waals surface area contributed by atoms with E-state index in [9.17, 15) is 9.90 Å². The maximum absolute atomic E-state index is 12.5. The van der Waals surface area contributed by atoms with Crippen LogP contribution in [0.3, 0.4) is 0 Å². The van der Waals surface area contributed by atoms with Crippen molar-refractivity contribution in [1.29, 1.82) is 0 Å². The minimum Gasteiger partial charge on any atom is -0.393 e. The van der Waals surface area contributed by atoms with Crippen LogP contribution < -0.4 is 0 Å². The maximum atomic E-state index is 12.5. The number of amides is 1. The first kappa shape index (κ1) is 21.9. The van der Waals surface area contributed by atoms with Gasteiger partial charge in [0.15, 0.2) is 0 Å². The Labute approximate surface area is 188 Å². The number of aliphatic hydroxyl groups excluding tert-OH is 1. The molecule has 1 amide bonds. The Hall–Kier alpha value is -0.870. The van der Waals surface area contributed by atoms with Gasteiger partial charge in [0, 0.05) is 6.42 Å². The molecule has 174 valence electrons. The molecule has 4 aliphatic carbocycles. The van der Waals surface area contributed by atoms with Crippen LogP contribution in [0.2, 0.25) is 0 Å². The summed E-state index contributed by atoms with van der Waals surface area (Å²) in [5, 5.41) is 11.8. The Morgan fingerprint density at radius 2 is 2.06 bits per heavy atom. The number of aliphatic hydroxyl groups is 1. The van der Waals surface area contributed by atoms with Crippen LogP contribution in [0.5, 0.6) is 0 Å². The van der Waals surface area contributed by atoms with Crippen LogP contribution >= 0.6 is 0 Å². The van der Waals surface area contributed by atoms with Gasteiger partial charge in [0.25, 0.3) is 0 Å². The quantitative estimate of drug-likeness (QED) is 0.600. The minimum absolute atomic E-state index is 0.116. The molecular weight excluding hydrogens is 386 g/mol. The molecule has 0 aromatic rings. The molecule has 1 saturated heterocycles. The van der Waals surface area contributed by atoms with Gasteiger partial charge in [-0.3, -0.25) is 9.63 Å². The summed E-state index contributed by atoms with van der Waals surface area (Å²) in [6.45, 7) is 8.99. The van der Waals surface area contributed by atoms with Crippen molar-refractivity contribution >= 4 is 5.91 Å². The lowest BCUT2D eigenvalue weighted by Crippen LogP contribution is -2.50. The molecule has 0 aromatic heterocycles. The number of allylic oxidation sites excluding steroid dienone is 1. The normalized spacial score (nSPS) is 45.5. The minimum atomic E-state index is -0.116. The fourth-order valence-corrected chi connectivity index (χ4v) is 8.94. The van der Waals surface area contributed by atoms with Gasteiger partial charge < -0.3 is 5.11 Å². The Morgan fingerprint density at radius 1 is 1.23 bits per heavy atom. The molecule has 0 spiro atoms. The molecule has 8 atom stereocenters. The number of carbonyl (C=O) groups excluding carboxylic acids is 1. The number of hydrogen-bond acceptors (Lipinski definition) is 3. The molecule has 5 rings (SSSR count). The smallest absolute Gasteiger partial charge is 0.246 e. The summed E-state index contributed by atoms with van der Waals surface area (Å²) in [5.41, 5.74) is 2.33. The van der Waals surface area contributed by atoms with Gasteiger partial charge in [-0.1, -0.05) is 32.4 Å². The van der Waals surface area contributed by atoms with Gasteiger partial charge in [-0.15, -0.1) is 0 Å². The van der Waals surface area contributed by atoms with Crippen molar-refractivity contribution in [1.82, 2.24) is 5.06 Å². The zero-order valence-corrected chi connectivity index (χ0v) is 19.9. The lowest BCUT2D eigenvalue weighted by Gasteiger charge is -2.58. The summed E-state index contributed by atoms with van der Waals surface area (Å²) in [5.74, 6) is 3.99. The Balaban J connectivity index is 1.27. The van der Waals surface area contributed by atoms with E-state index < -0.39 is 0 Å². The van der Waals surface area contributed by atoms with Crippen molar-refractivity contribution < 1.29 is 14.7 Å². The number of rotatable bonds is 4. The molecule has 0 bridgehead atoms. The van der Waals surface area contributed by atoms with E-state index in [1.165, 1.54) is 38.5 Å². The van der Waals surface area contributed by atoms with Crippen molar-refractivity contribution in [3.05, 3.63) is 11.6 Å². The number of fused-ring (bicyclic) bond motifs is 5. The molecule has 1 heterocycles. The first-order valence-corrected chi connectivity index (χ1v) is 13.1. The first-order chi connectivity index (χ1) is 14.8. The van der Waals surface area contributed by atoms with E-state index in [2.05, 4.69) is 26.8 Å². The standard InChI is InChI=1S/C27H43NO3/c1-18(5-10-25(30)28-15-4-16-31-28)22-8-9-23-21-7-6-19-17-20(29)11-13-26(19,2)24(21)12-14-27(22,23)3/h6,18,20-24,29H,4-5,7-17H2,1-3H3/t18-,20+,21+,22-,23+,24+,26+,27-/m1/s1. The number of hydroxylamine groups is 2. The zero-order valence-electron chi connectivity index (χ0n) is 19.9. The van der Waals surface area contributed by atoms with Crippen LogP contribution in [0.15, 0.2) is 11.6 Å². The van der Waals surface area contributed by atoms with E-state index in [1.54, 1.807) is 10.6 Å². The average molecular weight is 430 g/mol. The molecule has 0 aromatic carbocycles. The van der Waals surface area contributed by atoms with E-state index in [0.717, 1.165) is 55.9 Å². The Morgan fingerprint density at radius 3 is 2.84 bits per heavy atom. The highest BCUT2D eigenvalue weighted by Crippen LogP contribution is 2.67. The van der Waals surface area contributed by atoms with Crippen LogP contribution in [-0.2, 0) is 9.63 Å². The maximum Gasteiger partial charge on any atom is 0.246 e. The van der Waals surface area contributed by atoms with Gasteiger partial charge in [-0.25, -0.2) is 5.06 Å². The van der Waals surface area contributed by atoms with Crippen LogP contribution in [-0.4, -0.2) is 35.3 Å². The molecule has 4 fully saturated rings. The highest BCUT2D eigenvalue weighted by molar-refractivity contribution is 5.75. The third-order valence-electron chi connectivity index (χ3n) is 10.7. The molecule has 4 heteroatoms. The predicted octanol–water partition coefficient (Wildman–Crippen LogP) is 5.51. The van der Waals surface area contributed by atoms with Crippen LogP contribution in [0, 0.1) is 40.4 Å². The van der Waals surface area contributed by atoms with Gasteiger partial charge in [0.1, 0.15) is 0 Å². The van der Waals surface area contributed by atoms with Crippen LogP contribution in [0.25, 0.3) is 0 Å². The summed E-state index contributed by atoms with van der Waals surface area (Å²) in [7, 11) is 0. The summed E-state index contributed by atoms with van der Waals surface area (Å²) in [4.78, 5) is 17.9. The summed E-state index contributed by atoms with van der Waals surface area (Å²) >= 11 is 0. The average Bonchev–Trinajstić information content (AvgIpc) is 3.40. The van der Waals surface area contributed by atoms with E-state index in [-0.39, 0.29) is 12.0 Å². The highest BCUT2D eigenvalue weighted by Gasteiger charge is 2.59. The molecule has 0 unspecified atom stereocenters. The molecule has 3 saturated carbocycles. The summed E-state index contributed by atoms with van der Waals surface area (Å²) in [6, 6.07) is 0. The zero-order chi connectivity index (χ0) is 21.8. The number of carbonyl (C=O) groups is 1. The molecule has 4 nitrogen and oxygen atoms in total. The molecule has 5 aliphatic rings. The highest BCUT2D eigenvalue weighted by atomic mass is 16.7. The summed E-state index contributed by atoms with van der Waals surface area (Å²) < 4.78 is 0. The van der Waals surface area contributed by atoms with Gasteiger partial charge in [-0.2, -0.15) is 0 Å². The van der Waals surface area contributed by atoms with Crippen LogP contribution in [0.4, 0.5) is 0 Å². The van der Waals surface area contributed by atoms with Gasteiger partial charge in [0.2, 0.25) is 5.91 Å². The lowest BCUT2D eigenvalue weighted by atomic mass is 9.47. The Bertz CT molecular complexity index is 728. The fourth-order valence-electron chi connectivity index (χ4n) is 8.94. The molecule has 1 aliphatic heterocycles. The monoisotopic (exact) mass is 429 g/mol.